The van der Waals surface area contributed by atoms with E-state index in [-0.39, 0.29) is 6.10 Å². The topological polar surface area (TPSA) is 58.6 Å². The lowest BCUT2D eigenvalue weighted by molar-refractivity contribution is -0.945. The van der Waals surface area contributed by atoms with Gasteiger partial charge in [0.1, 0.15) is 6.54 Å². The first-order valence-corrected chi connectivity index (χ1v) is 10.6. The molecule has 0 aliphatic carbocycles. The Morgan fingerprint density at radius 3 is 2.14 bits per heavy atom. The van der Waals surface area contributed by atoms with Gasteiger partial charge in [0.15, 0.2) is 6.10 Å². The van der Waals surface area contributed by atoms with E-state index in [9.17, 15) is 9.90 Å². The van der Waals surface area contributed by atoms with Crippen LogP contribution < -0.4 is 5.32 Å². The molecule has 2 aromatic rings. The minimum absolute atomic E-state index is 0.138. The highest BCUT2D eigenvalue weighted by molar-refractivity contribution is 5.85. The third-order valence-corrected chi connectivity index (χ3v) is 6.81. The smallest absolute Gasteiger partial charge is 0.348 e. The van der Waals surface area contributed by atoms with Crippen LogP contribution in [0.4, 0.5) is 0 Å². The predicted octanol–water partition coefficient (Wildman–Crippen LogP) is 2.29. The molecule has 5 heteroatoms. The molecule has 0 aromatic heterocycles. The number of piperidine rings is 3. The number of likely N-dealkylation sites (N-methyl/N-ethyl adjacent to an activating group) is 1. The van der Waals surface area contributed by atoms with E-state index in [1.54, 1.807) is 24.3 Å². The summed E-state index contributed by atoms with van der Waals surface area (Å²) >= 11 is 0. The first-order valence-electron chi connectivity index (χ1n) is 10.6. The number of quaternary nitrogens is 1. The van der Waals surface area contributed by atoms with Crippen LogP contribution in [-0.4, -0.2) is 61.4 Å². The fourth-order valence-corrected chi connectivity index (χ4v) is 5.00. The molecule has 29 heavy (non-hydrogen) atoms. The van der Waals surface area contributed by atoms with Crippen molar-refractivity contribution in [3.8, 4) is 0 Å². The quantitative estimate of drug-likeness (QED) is 0.558. The number of benzene rings is 2. The molecule has 0 unspecified atom stereocenters. The summed E-state index contributed by atoms with van der Waals surface area (Å²) in [4.78, 5) is 13.4. The Morgan fingerprint density at radius 2 is 1.62 bits per heavy atom. The molecule has 0 radical (unpaired) electrons. The SMILES string of the molecule is CNCC[N+]12CCC(CC1)[C@@H](OC(=O)C(O)(c1ccccc1)c1ccccc1)C2. The Morgan fingerprint density at radius 1 is 1.07 bits per heavy atom. The van der Waals surface area contributed by atoms with Crippen LogP contribution in [0.2, 0.25) is 0 Å². The predicted molar refractivity (Wildman–Crippen MR) is 112 cm³/mol. The number of carbonyl (C=O) groups is 1. The molecule has 1 atom stereocenters. The van der Waals surface area contributed by atoms with Crippen LogP contribution in [0.25, 0.3) is 0 Å². The van der Waals surface area contributed by atoms with E-state index in [0.29, 0.717) is 17.0 Å². The van der Waals surface area contributed by atoms with Crippen molar-refractivity contribution < 1.29 is 19.1 Å². The molecule has 3 fully saturated rings. The van der Waals surface area contributed by atoms with E-state index >= 15 is 0 Å². The van der Waals surface area contributed by atoms with Gasteiger partial charge in [0.05, 0.1) is 19.6 Å². The van der Waals surface area contributed by atoms with Gasteiger partial charge in [-0.3, -0.25) is 0 Å². The number of rotatable bonds is 7. The first-order chi connectivity index (χ1) is 14.1. The second kappa shape index (κ2) is 8.27. The summed E-state index contributed by atoms with van der Waals surface area (Å²) in [6.45, 7) is 5.17. The molecule has 3 aliphatic heterocycles. The standard InChI is InChI=1S/C24H31N2O3/c1-25-14-17-26-15-12-19(13-16-26)22(18-26)29-23(27)24(28,20-8-4-2-5-9-20)21-10-6-3-7-11-21/h2-11,19,22,25,28H,12-18H2,1H3/q+1/t19?,22-,26?/m0/s1. The van der Waals surface area contributed by atoms with E-state index in [0.717, 1.165) is 50.0 Å². The van der Waals surface area contributed by atoms with Crippen LogP contribution >= 0.6 is 0 Å². The molecule has 2 N–H and O–H groups in total. The Hall–Kier alpha value is -2.21. The van der Waals surface area contributed by atoms with Gasteiger partial charge in [-0.1, -0.05) is 60.7 Å². The fraction of sp³-hybridized carbons (Fsp3) is 0.458. The van der Waals surface area contributed by atoms with E-state index in [1.165, 1.54) is 0 Å². The normalized spacial score (nSPS) is 26.3. The second-order valence-corrected chi connectivity index (χ2v) is 8.52. The summed E-state index contributed by atoms with van der Waals surface area (Å²) in [6.07, 6.45) is 2.02. The number of nitrogens with one attached hydrogen (secondary N) is 1. The van der Waals surface area contributed by atoms with Crippen molar-refractivity contribution in [3.63, 3.8) is 0 Å². The lowest BCUT2D eigenvalue weighted by atomic mass is 9.82. The molecule has 3 saturated heterocycles. The number of esters is 1. The lowest BCUT2D eigenvalue weighted by Gasteiger charge is -2.52. The largest absolute Gasteiger partial charge is 0.453 e. The number of aliphatic hydroxyl groups is 1. The lowest BCUT2D eigenvalue weighted by Crippen LogP contribution is -2.66. The molecule has 2 bridgehead atoms. The monoisotopic (exact) mass is 395 g/mol. The van der Waals surface area contributed by atoms with E-state index in [4.69, 9.17) is 4.74 Å². The highest BCUT2D eigenvalue weighted by atomic mass is 16.6. The van der Waals surface area contributed by atoms with Gasteiger partial charge in [0.2, 0.25) is 5.60 Å². The van der Waals surface area contributed by atoms with Gasteiger partial charge in [-0.2, -0.15) is 0 Å². The molecule has 3 aliphatic rings. The van der Waals surface area contributed by atoms with Gasteiger partial charge in [-0.15, -0.1) is 0 Å². The highest BCUT2D eigenvalue weighted by Gasteiger charge is 2.50. The number of hydrogen-bond donors (Lipinski definition) is 2. The van der Waals surface area contributed by atoms with Gasteiger partial charge in [-0.25, -0.2) is 4.79 Å². The van der Waals surface area contributed by atoms with Crippen molar-refractivity contribution in [2.45, 2.75) is 24.5 Å². The molecule has 2 aromatic carbocycles. The minimum atomic E-state index is -1.80. The van der Waals surface area contributed by atoms with E-state index < -0.39 is 11.6 Å². The average molecular weight is 396 g/mol. The van der Waals surface area contributed by atoms with Crippen molar-refractivity contribution in [2.24, 2.45) is 5.92 Å². The zero-order chi connectivity index (χ0) is 20.3. The van der Waals surface area contributed by atoms with Gasteiger partial charge < -0.3 is 19.6 Å². The number of ether oxygens (including phenoxy) is 1. The van der Waals surface area contributed by atoms with Crippen LogP contribution in [0.3, 0.4) is 0 Å². The Balaban J connectivity index is 1.59. The molecule has 0 amide bonds. The summed E-state index contributed by atoms with van der Waals surface area (Å²) in [5, 5.41) is 14.9. The summed E-state index contributed by atoms with van der Waals surface area (Å²) in [6, 6.07) is 18.2. The Kier molecular flexibility index (Phi) is 5.72. The van der Waals surface area contributed by atoms with Gasteiger partial charge in [-0.05, 0) is 18.2 Å². The maximum Gasteiger partial charge on any atom is 0.348 e. The zero-order valence-corrected chi connectivity index (χ0v) is 17.1. The Labute approximate surface area is 172 Å². The fourth-order valence-electron chi connectivity index (χ4n) is 5.00. The maximum absolute atomic E-state index is 13.4. The number of hydrogen-bond acceptors (Lipinski definition) is 4. The number of fused-ring (bicyclic) bond motifs is 3. The average Bonchev–Trinajstić information content (AvgIpc) is 2.79. The molecule has 0 spiro atoms. The molecular weight excluding hydrogens is 364 g/mol. The van der Waals surface area contributed by atoms with Gasteiger partial charge in [0.25, 0.3) is 0 Å². The van der Waals surface area contributed by atoms with E-state index in [2.05, 4.69) is 5.32 Å². The molecule has 5 nitrogen and oxygen atoms in total. The summed E-state index contributed by atoms with van der Waals surface area (Å²) in [7, 11) is 1.98. The third kappa shape index (κ3) is 3.82. The second-order valence-electron chi connectivity index (χ2n) is 8.52. The van der Waals surface area contributed by atoms with E-state index in [1.807, 2.05) is 43.4 Å². The van der Waals surface area contributed by atoms with Crippen LogP contribution in [0.5, 0.6) is 0 Å². The minimum Gasteiger partial charge on any atom is -0.453 e. The van der Waals surface area contributed by atoms with Crippen LogP contribution in [0.15, 0.2) is 60.7 Å². The van der Waals surface area contributed by atoms with Gasteiger partial charge >= 0.3 is 5.97 Å². The first kappa shape index (κ1) is 20.1. The van der Waals surface area contributed by atoms with Crippen molar-refractivity contribution in [1.29, 1.82) is 0 Å². The summed E-state index contributed by atoms with van der Waals surface area (Å²) < 4.78 is 7.08. The molecular formula is C24H31N2O3+. The molecule has 154 valence electrons. The van der Waals surface area contributed by atoms with Crippen molar-refractivity contribution in [2.75, 3.05) is 39.8 Å². The molecule has 3 heterocycles. The van der Waals surface area contributed by atoms with Gasteiger partial charge in [0, 0.05) is 25.3 Å². The van der Waals surface area contributed by atoms with Crippen LogP contribution in [0, 0.1) is 5.92 Å². The van der Waals surface area contributed by atoms with Crippen molar-refractivity contribution in [1.82, 2.24) is 5.32 Å². The van der Waals surface area contributed by atoms with Crippen molar-refractivity contribution in [3.05, 3.63) is 71.8 Å². The zero-order valence-electron chi connectivity index (χ0n) is 17.1. The highest BCUT2D eigenvalue weighted by Crippen LogP contribution is 2.38. The molecule has 0 saturated carbocycles. The maximum atomic E-state index is 13.4. The number of carbonyl (C=O) groups excluding carboxylic acids is 1. The van der Waals surface area contributed by atoms with Crippen LogP contribution in [-0.2, 0) is 15.1 Å². The Bertz CT molecular complexity index is 777. The third-order valence-electron chi connectivity index (χ3n) is 6.81. The molecule has 5 rings (SSSR count). The van der Waals surface area contributed by atoms with Crippen molar-refractivity contribution >= 4 is 5.97 Å². The van der Waals surface area contributed by atoms with Crippen LogP contribution in [0.1, 0.15) is 24.0 Å². The summed E-state index contributed by atoms with van der Waals surface area (Å²) in [5.74, 6) is -0.176. The number of nitrogens with zero attached hydrogens (tertiary/aromatic N) is 1. The summed E-state index contributed by atoms with van der Waals surface area (Å²) in [5.41, 5.74) is -0.724.